The molecule has 3 rings (SSSR count). The summed E-state index contributed by atoms with van der Waals surface area (Å²) in [5.74, 6) is 0.123. The van der Waals surface area contributed by atoms with Gasteiger partial charge in [0.1, 0.15) is 0 Å². The Morgan fingerprint density at radius 3 is 2.53 bits per heavy atom. The number of nitrogens with zero attached hydrogens (tertiary/aromatic N) is 3. The Labute approximate surface area is 112 Å². The number of aromatic nitrogens is 1. The summed E-state index contributed by atoms with van der Waals surface area (Å²) in [6.07, 6.45) is 3.50. The van der Waals surface area contributed by atoms with Crippen LogP contribution in [-0.2, 0) is 11.3 Å². The van der Waals surface area contributed by atoms with Gasteiger partial charge in [-0.25, -0.2) is 0 Å². The molecule has 1 aromatic carbocycles. The summed E-state index contributed by atoms with van der Waals surface area (Å²) in [5, 5.41) is 0. The SMILES string of the molecule is CN1CC(=O)N(Cc2ccncc2)c2ccccc21. The normalized spacial score (nSPS) is 14.5. The van der Waals surface area contributed by atoms with E-state index in [-0.39, 0.29) is 5.91 Å². The Balaban J connectivity index is 1.97. The van der Waals surface area contributed by atoms with Gasteiger partial charge in [-0.05, 0) is 29.8 Å². The highest BCUT2D eigenvalue weighted by atomic mass is 16.2. The Kier molecular flexibility index (Phi) is 2.91. The number of amides is 1. The molecule has 2 heterocycles. The van der Waals surface area contributed by atoms with Crippen LogP contribution >= 0.6 is 0 Å². The van der Waals surface area contributed by atoms with Gasteiger partial charge in [-0.2, -0.15) is 0 Å². The van der Waals surface area contributed by atoms with Crippen LogP contribution in [0.2, 0.25) is 0 Å². The fourth-order valence-electron chi connectivity index (χ4n) is 2.37. The third-order valence-electron chi connectivity index (χ3n) is 3.35. The van der Waals surface area contributed by atoms with Crippen LogP contribution < -0.4 is 9.80 Å². The standard InChI is InChI=1S/C15H15N3O/c1-17-11-15(19)18(10-12-6-8-16-9-7-12)14-5-3-2-4-13(14)17/h2-9H,10-11H2,1H3. The molecule has 19 heavy (non-hydrogen) atoms. The van der Waals surface area contributed by atoms with E-state index in [1.807, 2.05) is 53.2 Å². The summed E-state index contributed by atoms with van der Waals surface area (Å²) in [6, 6.07) is 11.9. The van der Waals surface area contributed by atoms with Crippen molar-refractivity contribution in [3.05, 3.63) is 54.4 Å². The predicted molar refractivity (Wildman–Crippen MR) is 75.1 cm³/mol. The maximum absolute atomic E-state index is 12.2. The molecule has 0 saturated carbocycles. The van der Waals surface area contributed by atoms with Gasteiger partial charge in [-0.3, -0.25) is 9.78 Å². The highest BCUT2D eigenvalue weighted by Crippen LogP contribution is 2.33. The van der Waals surface area contributed by atoms with Crippen LogP contribution in [0.3, 0.4) is 0 Å². The van der Waals surface area contributed by atoms with Crippen molar-refractivity contribution in [2.24, 2.45) is 0 Å². The van der Waals surface area contributed by atoms with Gasteiger partial charge in [-0.15, -0.1) is 0 Å². The molecule has 1 aliphatic heterocycles. The largest absolute Gasteiger partial charge is 0.364 e. The van der Waals surface area contributed by atoms with Gasteiger partial charge in [0.05, 0.1) is 24.5 Å². The first kappa shape index (κ1) is 11.7. The second-order valence-electron chi connectivity index (χ2n) is 4.68. The molecule has 0 spiro atoms. The van der Waals surface area contributed by atoms with E-state index in [0.717, 1.165) is 16.9 Å². The summed E-state index contributed by atoms with van der Waals surface area (Å²) in [6.45, 7) is 1.01. The lowest BCUT2D eigenvalue weighted by atomic mass is 10.1. The number of likely N-dealkylation sites (N-methyl/N-ethyl adjacent to an activating group) is 1. The second kappa shape index (κ2) is 4.72. The van der Waals surface area contributed by atoms with E-state index in [2.05, 4.69) is 4.98 Å². The third-order valence-corrected chi connectivity index (χ3v) is 3.35. The second-order valence-corrected chi connectivity index (χ2v) is 4.68. The zero-order chi connectivity index (χ0) is 13.2. The highest BCUT2D eigenvalue weighted by Gasteiger charge is 2.26. The zero-order valence-electron chi connectivity index (χ0n) is 10.8. The first-order valence-corrected chi connectivity index (χ1v) is 6.25. The van der Waals surface area contributed by atoms with Crippen LogP contribution in [0.25, 0.3) is 0 Å². The smallest absolute Gasteiger partial charge is 0.246 e. The van der Waals surface area contributed by atoms with Crippen molar-refractivity contribution >= 4 is 17.3 Å². The molecule has 4 nitrogen and oxygen atoms in total. The van der Waals surface area contributed by atoms with Gasteiger partial charge < -0.3 is 9.80 Å². The van der Waals surface area contributed by atoms with Crippen LogP contribution in [-0.4, -0.2) is 24.5 Å². The zero-order valence-corrected chi connectivity index (χ0v) is 10.8. The minimum atomic E-state index is 0.123. The third kappa shape index (κ3) is 2.17. The van der Waals surface area contributed by atoms with E-state index < -0.39 is 0 Å². The molecule has 1 aromatic heterocycles. The average molecular weight is 253 g/mol. The van der Waals surface area contributed by atoms with E-state index in [1.165, 1.54) is 0 Å². The van der Waals surface area contributed by atoms with Crippen molar-refractivity contribution in [1.29, 1.82) is 0 Å². The fourth-order valence-corrected chi connectivity index (χ4v) is 2.37. The van der Waals surface area contributed by atoms with E-state index in [4.69, 9.17) is 0 Å². The highest BCUT2D eigenvalue weighted by molar-refractivity contribution is 6.02. The molecular weight excluding hydrogens is 238 g/mol. The van der Waals surface area contributed by atoms with Crippen LogP contribution in [0, 0.1) is 0 Å². The molecule has 0 unspecified atom stereocenters. The van der Waals surface area contributed by atoms with Crippen molar-refractivity contribution in [1.82, 2.24) is 4.98 Å². The van der Waals surface area contributed by atoms with E-state index in [0.29, 0.717) is 13.1 Å². The molecule has 4 heteroatoms. The minimum absolute atomic E-state index is 0.123. The Morgan fingerprint density at radius 1 is 1.11 bits per heavy atom. The number of benzene rings is 1. The van der Waals surface area contributed by atoms with Crippen molar-refractivity contribution < 1.29 is 4.79 Å². The number of hydrogen-bond acceptors (Lipinski definition) is 3. The van der Waals surface area contributed by atoms with E-state index in [1.54, 1.807) is 12.4 Å². The summed E-state index contributed by atoms with van der Waals surface area (Å²) >= 11 is 0. The molecule has 1 aliphatic rings. The predicted octanol–water partition coefficient (Wildman–Crippen LogP) is 2.06. The molecule has 1 amide bonds. The van der Waals surface area contributed by atoms with E-state index >= 15 is 0 Å². The molecule has 0 N–H and O–H groups in total. The van der Waals surface area contributed by atoms with Gasteiger partial charge in [0.15, 0.2) is 0 Å². The molecule has 2 aromatic rings. The minimum Gasteiger partial charge on any atom is -0.364 e. The number of para-hydroxylation sites is 2. The first-order valence-electron chi connectivity index (χ1n) is 6.25. The van der Waals surface area contributed by atoms with Crippen molar-refractivity contribution in [3.8, 4) is 0 Å². The van der Waals surface area contributed by atoms with E-state index in [9.17, 15) is 4.79 Å². The van der Waals surface area contributed by atoms with Crippen molar-refractivity contribution in [2.45, 2.75) is 6.54 Å². The average Bonchev–Trinajstić information content (AvgIpc) is 2.45. The Bertz CT molecular complexity index is 597. The quantitative estimate of drug-likeness (QED) is 0.822. The number of fused-ring (bicyclic) bond motifs is 1. The van der Waals surface area contributed by atoms with Gasteiger partial charge in [0.2, 0.25) is 5.91 Å². The van der Waals surface area contributed by atoms with Gasteiger partial charge in [0.25, 0.3) is 0 Å². The summed E-state index contributed by atoms with van der Waals surface area (Å²) < 4.78 is 0. The number of rotatable bonds is 2. The van der Waals surface area contributed by atoms with Gasteiger partial charge in [-0.1, -0.05) is 12.1 Å². The molecular formula is C15H15N3O. The maximum atomic E-state index is 12.2. The number of carbonyl (C=O) groups excluding carboxylic acids is 1. The topological polar surface area (TPSA) is 36.4 Å². The maximum Gasteiger partial charge on any atom is 0.246 e. The lowest BCUT2D eigenvalue weighted by molar-refractivity contribution is -0.117. The summed E-state index contributed by atoms with van der Waals surface area (Å²) in [7, 11) is 1.94. The summed E-state index contributed by atoms with van der Waals surface area (Å²) in [4.78, 5) is 20.1. The molecule has 0 radical (unpaired) electrons. The van der Waals surface area contributed by atoms with Gasteiger partial charge >= 0.3 is 0 Å². The lowest BCUT2D eigenvalue weighted by Crippen LogP contribution is -2.43. The molecule has 0 fully saturated rings. The van der Waals surface area contributed by atoms with Crippen molar-refractivity contribution in [3.63, 3.8) is 0 Å². The van der Waals surface area contributed by atoms with Crippen LogP contribution in [0.15, 0.2) is 48.8 Å². The first-order chi connectivity index (χ1) is 9.25. The molecule has 0 bridgehead atoms. The Hall–Kier alpha value is -2.36. The van der Waals surface area contributed by atoms with Crippen LogP contribution in [0.1, 0.15) is 5.56 Å². The fraction of sp³-hybridized carbons (Fsp3) is 0.200. The number of carbonyl (C=O) groups is 1. The van der Waals surface area contributed by atoms with Crippen LogP contribution in [0.4, 0.5) is 11.4 Å². The number of hydrogen-bond donors (Lipinski definition) is 0. The molecule has 96 valence electrons. The number of anilines is 2. The number of pyridine rings is 1. The van der Waals surface area contributed by atoms with Gasteiger partial charge in [0, 0.05) is 19.4 Å². The molecule has 0 aliphatic carbocycles. The lowest BCUT2D eigenvalue weighted by Gasteiger charge is -2.35. The Morgan fingerprint density at radius 2 is 1.79 bits per heavy atom. The molecule has 0 atom stereocenters. The van der Waals surface area contributed by atoms with Crippen molar-refractivity contribution in [2.75, 3.05) is 23.4 Å². The summed E-state index contributed by atoms with van der Waals surface area (Å²) in [5.41, 5.74) is 3.15. The molecule has 0 saturated heterocycles. The monoisotopic (exact) mass is 253 g/mol. The van der Waals surface area contributed by atoms with Crippen LogP contribution in [0.5, 0.6) is 0 Å².